The molecule has 664 valence electrons. The molecule has 3 aliphatic heterocycles. The highest BCUT2D eigenvalue weighted by Gasteiger charge is 2.57. The second-order valence-corrected chi connectivity index (χ2v) is 34.9. The number of pyridine rings is 2. The van der Waals surface area contributed by atoms with Gasteiger partial charge in [-0.05, 0) is 217 Å². The number of halogens is 4. The van der Waals surface area contributed by atoms with Gasteiger partial charge in [0.25, 0.3) is 0 Å². The van der Waals surface area contributed by atoms with Crippen LogP contribution in [0.2, 0.25) is 0 Å². The number of nitrogens with two attached hydrogens (primary N) is 1. The third kappa shape index (κ3) is 19.3. The first-order chi connectivity index (χ1) is 62.4. The van der Waals surface area contributed by atoms with E-state index in [2.05, 4.69) is 115 Å². The number of anilines is 5. The Morgan fingerprint density at radius 1 is 0.515 bits per heavy atom. The lowest BCUT2D eigenvalue weighted by Crippen LogP contribution is -2.46. The molecule has 5 fully saturated rings. The van der Waals surface area contributed by atoms with Gasteiger partial charge in [0.2, 0.25) is 53.2 Å². The minimum atomic E-state index is -1.48. The van der Waals surface area contributed by atoms with Crippen LogP contribution in [0.3, 0.4) is 0 Å². The molecule has 8 aromatic heterocycles. The number of nitrogens with zero attached hydrogens (tertiary/aromatic N) is 16. The molecule has 5 aliphatic rings. The molecular weight excluding hydrogens is 1790 g/mol. The molecule has 36 heteroatoms. The Bertz CT molecular complexity index is 6690. The van der Waals surface area contributed by atoms with Gasteiger partial charge in [0.1, 0.15) is 82.0 Å². The molecule has 0 radical (unpaired) electrons. The number of hydrogen-bond acceptors (Lipinski definition) is 22. The first kappa shape index (κ1) is 89.2. The number of piperidine rings is 2. The van der Waals surface area contributed by atoms with Crippen molar-refractivity contribution in [1.29, 1.82) is 0 Å². The summed E-state index contributed by atoms with van der Waals surface area (Å²) in [5, 5.41) is 25.4. The van der Waals surface area contributed by atoms with Crippen LogP contribution in [0.5, 0.6) is 0 Å². The number of carbonyl (C=O) groups excluding carboxylic acids is 10. The Balaban J connectivity index is 0.000000143. The number of rotatable bonds is 25. The van der Waals surface area contributed by atoms with Crippen molar-refractivity contribution in [3.8, 4) is 44.5 Å². The average Bonchev–Trinajstić information content (AvgIpc) is 1.58. The number of Topliss-reactive ketones (excluding diaryl/α,β-unsaturated/α-hetero) is 3. The largest absolute Gasteiger partial charge is 0.366 e. The van der Waals surface area contributed by atoms with Gasteiger partial charge >= 0.3 is 0 Å². The van der Waals surface area contributed by atoms with E-state index in [1.54, 1.807) is 132 Å². The van der Waals surface area contributed by atoms with Crippen molar-refractivity contribution in [1.82, 2.24) is 78.7 Å². The number of amides is 7. The number of primary amides is 1. The molecular formula is C94H90Br2F2N22O10. The summed E-state index contributed by atoms with van der Waals surface area (Å²) in [4.78, 5) is 169. The van der Waals surface area contributed by atoms with E-state index >= 15 is 4.39 Å². The zero-order chi connectivity index (χ0) is 91.8. The van der Waals surface area contributed by atoms with Crippen molar-refractivity contribution >= 4 is 152 Å². The maximum atomic E-state index is 15.8. The lowest BCUT2D eigenvalue weighted by atomic mass is 9.97. The van der Waals surface area contributed by atoms with Crippen molar-refractivity contribution in [3.05, 3.63) is 220 Å². The van der Waals surface area contributed by atoms with Crippen molar-refractivity contribution in [3.63, 3.8) is 0 Å². The molecule has 130 heavy (non-hydrogen) atoms. The van der Waals surface area contributed by atoms with E-state index < -0.39 is 47.8 Å². The molecule has 13 aromatic rings. The highest BCUT2D eigenvalue weighted by molar-refractivity contribution is 9.10. The van der Waals surface area contributed by atoms with Gasteiger partial charge in [0.15, 0.2) is 23.2 Å². The van der Waals surface area contributed by atoms with E-state index in [-0.39, 0.29) is 120 Å². The fraction of sp³-hybridized carbons (Fsp3) is 0.298. The van der Waals surface area contributed by atoms with Crippen molar-refractivity contribution < 1.29 is 56.7 Å². The molecule has 11 heterocycles. The summed E-state index contributed by atoms with van der Waals surface area (Å²) in [5.74, 6) is -0.986. The molecule has 0 bridgehead atoms. The van der Waals surface area contributed by atoms with E-state index in [9.17, 15) is 52.3 Å². The molecule has 7 amide bonds. The zero-order valence-corrected chi connectivity index (χ0v) is 75.1. The zero-order valence-electron chi connectivity index (χ0n) is 72.0. The number of alkyl halides is 1. The van der Waals surface area contributed by atoms with E-state index in [1.807, 2.05) is 54.8 Å². The molecule has 32 nitrogen and oxygen atoms in total. The predicted octanol–water partition coefficient (Wildman–Crippen LogP) is 14.0. The Hall–Kier alpha value is -14.2. The Labute approximate surface area is 760 Å². The number of fused-ring (bicyclic) bond motifs is 5. The van der Waals surface area contributed by atoms with Gasteiger partial charge in [-0.1, -0.05) is 55.5 Å². The van der Waals surface area contributed by atoms with Gasteiger partial charge in [-0.3, -0.25) is 57.3 Å². The van der Waals surface area contributed by atoms with Crippen molar-refractivity contribution in [2.24, 2.45) is 17.6 Å². The van der Waals surface area contributed by atoms with Gasteiger partial charge in [-0.15, -0.1) is 0 Å². The van der Waals surface area contributed by atoms with Gasteiger partial charge in [-0.25, -0.2) is 48.7 Å². The average molecular weight is 1890 g/mol. The summed E-state index contributed by atoms with van der Waals surface area (Å²) in [7, 11) is 0. The third-order valence-electron chi connectivity index (χ3n) is 23.6. The van der Waals surface area contributed by atoms with Crippen molar-refractivity contribution in [2.75, 3.05) is 39.7 Å². The van der Waals surface area contributed by atoms with E-state index in [0.717, 1.165) is 75.0 Å². The van der Waals surface area contributed by atoms with Crippen LogP contribution in [0.4, 0.5) is 38.0 Å². The smallest absolute Gasteiger partial charge is 0.248 e. The van der Waals surface area contributed by atoms with E-state index in [1.165, 1.54) is 55.8 Å². The van der Waals surface area contributed by atoms with Gasteiger partial charge < -0.3 is 51.6 Å². The Morgan fingerprint density at radius 3 is 1.52 bits per heavy atom. The van der Waals surface area contributed by atoms with Crippen LogP contribution in [0.25, 0.3) is 77.2 Å². The van der Waals surface area contributed by atoms with Gasteiger partial charge in [0, 0.05) is 143 Å². The van der Waals surface area contributed by atoms with Crippen LogP contribution in [-0.2, 0) is 48.4 Å². The summed E-state index contributed by atoms with van der Waals surface area (Å²) in [6, 6.07) is 34.3. The fourth-order valence-electron chi connectivity index (χ4n) is 17.1. The van der Waals surface area contributed by atoms with Crippen molar-refractivity contribution in [2.45, 2.75) is 156 Å². The van der Waals surface area contributed by atoms with Crippen LogP contribution < -0.4 is 32.3 Å². The standard InChI is InChI=1S/C35H31F2N7O4.C30H30BrN7O3.C29H29BrN8O3/c1-18-7-8-22(34(38)47)12-26(18)25-5-4-6-28(32(25)37)41-35(48)30-13-24(36)16-43(30)31(46)17-44-29-10-9-21(23-14-39-20(3)40-15-23)11-27(29)33(42-44)19(2)45;1-3-9-32-30-33-13-20(14-34-30)18-7-8-23-21(10-18)22(17(2)39)15-37(23)16-28(40)38-24-11-19(24)12-25(38)29(41)36-27-6-4-5-26(31)35-27;1-15(2)33-29-31-12-19(13-32-29)17-7-8-21-20(9-17)27(16(3)39)36-37(21)14-26(40)38-22-10-18(22)11-23(38)28(41)35-25-6-4-5-24(30)34-25/h4-12,14-15,24,30H,13,16-17H2,1-3H3,(H2,38,47)(H,41,48);4-8,10,13-15,19,24-25H,3,9,11-12,16H2,1-2H3,(H,32,33,34)(H,35,36,41);4-9,12-13,15,18,22-23H,10-11,14H2,1-3H3,(H,31,32,33)(H,34,35,41)/t24-,30+;19-,24-,25+;18-,22-,23+/m111/s1. The number of aromatic nitrogens is 13. The van der Waals surface area contributed by atoms with Crippen LogP contribution in [0, 0.1) is 31.5 Å². The van der Waals surface area contributed by atoms with Crippen LogP contribution in [0.15, 0.2) is 180 Å². The predicted molar refractivity (Wildman–Crippen MR) is 491 cm³/mol. The monoisotopic (exact) mass is 1880 g/mol. The number of ketones is 3. The third-order valence-corrected chi connectivity index (χ3v) is 24.5. The number of aryl methyl sites for hydroxylation is 2. The number of likely N-dealkylation sites (tertiary alicyclic amines) is 3. The summed E-state index contributed by atoms with van der Waals surface area (Å²) < 4.78 is 36.5. The fourth-order valence-corrected chi connectivity index (χ4v) is 17.8. The second kappa shape index (κ2) is 37.6. The summed E-state index contributed by atoms with van der Waals surface area (Å²) >= 11 is 6.64. The first-order valence-electron chi connectivity index (χ1n) is 42.4. The summed E-state index contributed by atoms with van der Waals surface area (Å²) in [5.41, 5.74) is 14.4. The van der Waals surface area contributed by atoms with Crippen LogP contribution in [-0.4, -0.2) is 193 Å². The highest BCUT2D eigenvalue weighted by Crippen LogP contribution is 2.50. The van der Waals surface area contributed by atoms with Gasteiger partial charge in [0.05, 0.1) is 23.3 Å². The minimum Gasteiger partial charge on any atom is -0.366 e. The number of nitrogens with one attached hydrogen (secondary N) is 5. The molecule has 7 N–H and O–H groups in total. The second-order valence-electron chi connectivity index (χ2n) is 33.2. The topological polar surface area (TPSA) is 410 Å². The van der Waals surface area contributed by atoms with Crippen LogP contribution >= 0.6 is 31.9 Å². The molecule has 2 aliphatic carbocycles. The molecule has 3 saturated heterocycles. The number of benzene rings is 5. The highest BCUT2D eigenvalue weighted by atomic mass is 79.9. The SMILES string of the molecule is CC(=O)c1nn(CC(=O)N2C[C@H](F)C[C@H]2C(=O)Nc2cccc(-c3cc(C(N)=O)ccc3C)c2F)c2ccc(-c3cnc(C)nc3)cc12.CC(=O)c1nn(CC(=O)N2[C@@H]3C[C@@H]3C[C@H]2C(=O)Nc2cccc(Br)n2)c2ccc(-c3cnc(NC(C)C)nc3)cc12.CCCNc1ncc(-c2ccc3c(c2)c(C(C)=O)cn3CC(=O)N2[C@@H]3C[C@@H]3C[C@H]2C(=O)Nc2cccc(Br)n2)cn1. The Kier molecular flexibility index (Phi) is 25.8. The minimum absolute atomic E-state index is 0.0339. The van der Waals surface area contributed by atoms with Crippen LogP contribution in [0.1, 0.15) is 133 Å². The molecule has 0 spiro atoms. The number of hydrogen-bond donors (Lipinski definition) is 6. The van der Waals surface area contributed by atoms with Gasteiger partial charge in [-0.2, -0.15) is 10.2 Å². The van der Waals surface area contributed by atoms with E-state index in [4.69, 9.17) is 5.73 Å². The maximum absolute atomic E-state index is 15.8. The quantitative estimate of drug-likeness (QED) is 0.0229. The Morgan fingerprint density at radius 2 is 1.01 bits per heavy atom. The normalized spacial score (nSPS) is 18.0. The number of carbonyl (C=O) groups is 10. The summed E-state index contributed by atoms with van der Waals surface area (Å²) in [6.07, 6.45) is 14.3. The first-order valence-corrected chi connectivity index (χ1v) is 44.0. The molecule has 2 saturated carbocycles. The molecule has 18 rings (SSSR count). The molecule has 0 unspecified atom stereocenters. The van der Waals surface area contributed by atoms with E-state index in [0.29, 0.717) is 102 Å². The maximum Gasteiger partial charge on any atom is 0.248 e. The summed E-state index contributed by atoms with van der Waals surface area (Å²) in [6.45, 7) is 14.0. The lowest BCUT2D eigenvalue weighted by molar-refractivity contribution is -0.138. The molecule has 5 aromatic carbocycles. The molecule has 8 atom stereocenters. The lowest BCUT2D eigenvalue weighted by Gasteiger charge is -2.27.